The lowest BCUT2D eigenvalue weighted by atomic mass is 9.91. The van der Waals surface area contributed by atoms with Crippen molar-refractivity contribution in [2.45, 2.75) is 37.4 Å². The number of aliphatic hydroxyl groups is 2. The SMILES string of the molecule is CN1CCC(O)(CNC(=O)CN2CCC[C@@H](O)C2)CC1. The van der Waals surface area contributed by atoms with E-state index in [1.54, 1.807) is 0 Å². The van der Waals surface area contributed by atoms with Gasteiger partial charge in [0.2, 0.25) is 5.91 Å². The van der Waals surface area contributed by atoms with Crippen LogP contribution in [-0.2, 0) is 4.79 Å². The van der Waals surface area contributed by atoms with Gasteiger partial charge < -0.3 is 20.4 Å². The molecule has 2 saturated heterocycles. The quantitative estimate of drug-likeness (QED) is 0.619. The fourth-order valence-corrected chi connectivity index (χ4v) is 2.91. The van der Waals surface area contributed by atoms with E-state index in [4.69, 9.17) is 0 Å². The number of nitrogens with zero attached hydrogens (tertiary/aromatic N) is 2. The zero-order chi connectivity index (χ0) is 14.6. The number of hydrogen-bond donors (Lipinski definition) is 3. The van der Waals surface area contributed by atoms with Gasteiger partial charge >= 0.3 is 0 Å². The molecular weight excluding hydrogens is 258 g/mol. The molecule has 2 heterocycles. The van der Waals surface area contributed by atoms with Crippen molar-refractivity contribution in [2.24, 2.45) is 0 Å². The zero-order valence-corrected chi connectivity index (χ0v) is 12.3. The lowest BCUT2D eigenvalue weighted by Crippen LogP contribution is -2.52. The topological polar surface area (TPSA) is 76.0 Å². The Morgan fingerprint density at radius 1 is 1.35 bits per heavy atom. The van der Waals surface area contributed by atoms with E-state index in [1.807, 2.05) is 11.9 Å². The van der Waals surface area contributed by atoms with Crippen LogP contribution in [0.5, 0.6) is 0 Å². The van der Waals surface area contributed by atoms with Gasteiger partial charge in [-0.05, 0) is 39.3 Å². The molecule has 1 amide bonds. The molecule has 2 rings (SSSR count). The molecule has 0 radical (unpaired) electrons. The van der Waals surface area contributed by atoms with Crippen molar-refractivity contribution in [2.75, 3.05) is 46.3 Å². The summed E-state index contributed by atoms with van der Waals surface area (Å²) < 4.78 is 0. The first kappa shape index (κ1) is 15.7. The summed E-state index contributed by atoms with van der Waals surface area (Å²) in [5.74, 6) is -0.0635. The molecule has 0 spiro atoms. The first-order chi connectivity index (χ1) is 9.47. The number of likely N-dealkylation sites (tertiary alicyclic amines) is 2. The largest absolute Gasteiger partial charge is 0.392 e. The van der Waals surface area contributed by atoms with Gasteiger partial charge in [-0.1, -0.05) is 0 Å². The van der Waals surface area contributed by atoms with Crippen molar-refractivity contribution in [3.8, 4) is 0 Å². The summed E-state index contributed by atoms with van der Waals surface area (Å²) in [7, 11) is 2.04. The van der Waals surface area contributed by atoms with Crippen molar-refractivity contribution in [1.29, 1.82) is 0 Å². The number of carbonyl (C=O) groups excluding carboxylic acids is 1. The van der Waals surface area contributed by atoms with E-state index < -0.39 is 5.60 Å². The Labute approximate surface area is 120 Å². The number of carbonyl (C=O) groups is 1. The number of hydrogen-bond acceptors (Lipinski definition) is 5. The fraction of sp³-hybridized carbons (Fsp3) is 0.929. The Hall–Kier alpha value is -0.690. The molecule has 0 aromatic heterocycles. The third-order valence-corrected chi connectivity index (χ3v) is 4.38. The van der Waals surface area contributed by atoms with E-state index in [-0.39, 0.29) is 12.0 Å². The highest BCUT2D eigenvalue weighted by atomic mass is 16.3. The molecule has 2 aliphatic heterocycles. The van der Waals surface area contributed by atoms with E-state index >= 15 is 0 Å². The minimum absolute atomic E-state index is 0.0635. The van der Waals surface area contributed by atoms with Crippen LogP contribution in [0.25, 0.3) is 0 Å². The molecule has 1 atom stereocenters. The van der Waals surface area contributed by atoms with Gasteiger partial charge in [0.05, 0.1) is 18.2 Å². The highest BCUT2D eigenvalue weighted by molar-refractivity contribution is 5.78. The predicted molar refractivity (Wildman–Crippen MR) is 76.4 cm³/mol. The Morgan fingerprint density at radius 3 is 2.70 bits per heavy atom. The van der Waals surface area contributed by atoms with Crippen molar-refractivity contribution in [3.63, 3.8) is 0 Å². The van der Waals surface area contributed by atoms with Crippen LogP contribution in [0.4, 0.5) is 0 Å². The van der Waals surface area contributed by atoms with Gasteiger partial charge in [0.1, 0.15) is 0 Å². The number of piperidine rings is 2. The minimum Gasteiger partial charge on any atom is -0.392 e. The number of rotatable bonds is 4. The molecule has 2 fully saturated rings. The van der Waals surface area contributed by atoms with Crippen molar-refractivity contribution in [1.82, 2.24) is 15.1 Å². The maximum atomic E-state index is 11.9. The molecule has 2 aliphatic rings. The maximum absolute atomic E-state index is 11.9. The number of aliphatic hydroxyl groups excluding tert-OH is 1. The number of nitrogens with one attached hydrogen (secondary N) is 1. The summed E-state index contributed by atoms with van der Waals surface area (Å²) >= 11 is 0. The Balaban J connectivity index is 1.69. The standard InChI is InChI=1S/C14H27N3O3/c1-16-7-4-14(20,5-8-16)11-15-13(19)10-17-6-2-3-12(18)9-17/h12,18,20H,2-11H2,1H3,(H,15,19)/t12-/m1/s1. The molecule has 0 aliphatic carbocycles. The maximum Gasteiger partial charge on any atom is 0.234 e. The van der Waals surface area contributed by atoms with Crippen molar-refractivity contribution >= 4 is 5.91 Å². The lowest BCUT2D eigenvalue weighted by Gasteiger charge is -2.36. The van der Waals surface area contributed by atoms with Crippen LogP contribution in [0.1, 0.15) is 25.7 Å². The monoisotopic (exact) mass is 285 g/mol. The number of amides is 1. The average Bonchev–Trinajstić information content (AvgIpc) is 2.41. The summed E-state index contributed by atoms with van der Waals surface area (Å²) in [6.07, 6.45) is 2.85. The minimum atomic E-state index is -0.760. The van der Waals surface area contributed by atoms with Gasteiger partial charge in [0.15, 0.2) is 0 Å². The molecule has 3 N–H and O–H groups in total. The summed E-state index contributed by atoms with van der Waals surface area (Å²) in [5, 5.41) is 22.8. The Morgan fingerprint density at radius 2 is 2.05 bits per heavy atom. The molecule has 0 aromatic rings. The molecule has 0 bridgehead atoms. The number of β-amino-alcohol motifs (C(OH)–C–C–N with tert-alkyl or cyclic N) is 1. The second kappa shape index (κ2) is 6.85. The van der Waals surface area contributed by atoms with E-state index in [0.29, 0.717) is 32.5 Å². The second-order valence-corrected chi connectivity index (χ2v) is 6.34. The van der Waals surface area contributed by atoms with Crippen LogP contribution in [0.3, 0.4) is 0 Å². The van der Waals surface area contributed by atoms with Crippen LogP contribution in [0.2, 0.25) is 0 Å². The van der Waals surface area contributed by atoms with E-state index in [0.717, 1.165) is 32.5 Å². The summed E-state index contributed by atoms with van der Waals surface area (Å²) in [5.41, 5.74) is -0.760. The van der Waals surface area contributed by atoms with Gasteiger partial charge in [-0.3, -0.25) is 9.69 Å². The first-order valence-corrected chi connectivity index (χ1v) is 7.55. The molecule has 0 unspecified atom stereocenters. The van der Waals surface area contributed by atoms with Gasteiger partial charge in [-0.25, -0.2) is 0 Å². The van der Waals surface area contributed by atoms with Crippen LogP contribution in [-0.4, -0.2) is 83.9 Å². The average molecular weight is 285 g/mol. The molecule has 116 valence electrons. The van der Waals surface area contributed by atoms with Crippen LogP contribution >= 0.6 is 0 Å². The second-order valence-electron chi connectivity index (χ2n) is 6.34. The van der Waals surface area contributed by atoms with Gasteiger partial charge in [0, 0.05) is 26.2 Å². The molecular formula is C14H27N3O3. The van der Waals surface area contributed by atoms with Crippen LogP contribution < -0.4 is 5.32 Å². The summed E-state index contributed by atoms with van der Waals surface area (Å²) in [4.78, 5) is 16.1. The van der Waals surface area contributed by atoms with Crippen LogP contribution in [0.15, 0.2) is 0 Å². The first-order valence-electron chi connectivity index (χ1n) is 7.55. The van der Waals surface area contributed by atoms with Gasteiger partial charge in [0.25, 0.3) is 0 Å². The third kappa shape index (κ3) is 4.70. The summed E-state index contributed by atoms with van der Waals surface area (Å²) in [6, 6.07) is 0. The molecule has 0 saturated carbocycles. The van der Waals surface area contributed by atoms with Crippen molar-refractivity contribution < 1.29 is 15.0 Å². The molecule has 20 heavy (non-hydrogen) atoms. The van der Waals surface area contributed by atoms with Crippen molar-refractivity contribution in [3.05, 3.63) is 0 Å². The zero-order valence-electron chi connectivity index (χ0n) is 12.3. The van der Waals surface area contributed by atoms with E-state index in [1.165, 1.54) is 0 Å². The Bertz CT molecular complexity index is 330. The lowest BCUT2D eigenvalue weighted by molar-refractivity contribution is -0.124. The highest BCUT2D eigenvalue weighted by Gasteiger charge is 2.31. The predicted octanol–water partition coefficient (Wildman–Crippen LogP) is -0.984. The van der Waals surface area contributed by atoms with Gasteiger partial charge in [-0.15, -0.1) is 0 Å². The Kier molecular flexibility index (Phi) is 5.37. The van der Waals surface area contributed by atoms with Gasteiger partial charge in [-0.2, -0.15) is 0 Å². The molecule has 6 heteroatoms. The third-order valence-electron chi connectivity index (χ3n) is 4.38. The smallest absolute Gasteiger partial charge is 0.234 e. The summed E-state index contributed by atoms with van der Waals surface area (Å²) in [6.45, 7) is 3.81. The molecule has 6 nitrogen and oxygen atoms in total. The normalized spacial score (nSPS) is 28.2. The highest BCUT2D eigenvalue weighted by Crippen LogP contribution is 2.20. The van der Waals surface area contributed by atoms with E-state index in [9.17, 15) is 15.0 Å². The molecule has 0 aromatic carbocycles. The van der Waals surface area contributed by atoms with E-state index in [2.05, 4.69) is 10.2 Å². The fourth-order valence-electron chi connectivity index (χ4n) is 2.91. The van der Waals surface area contributed by atoms with Crippen LogP contribution in [0, 0.1) is 0 Å².